The van der Waals surface area contributed by atoms with Gasteiger partial charge in [0, 0.05) is 21.1 Å². The molecule has 8 heteroatoms. The molecular weight excluding hydrogens is 553 g/mol. The summed E-state index contributed by atoms with van der Waals surface area (Å²) in [5.74, 6) is 3.37. The average molecular weight is 609 g/mol. The molecule has 2 N–H and O–H groups in total. The fraction of sp³-hybridized carbons (Fsp3) is 0.667. The second-order valence-corrected chi connectivity index (χ2v) is 12.9. The zero-order chi connectivity index (χ0) is 30.7. The van der Waals surface area contributed by atoms with Crippen LogP contribution in [0.3, 0.4) is 0 Å². The SMILES string of the molecule is CC(=O)Nc1ncc(SCC=O)s1.CC1CCCCC1.CCC(C)C1CCCCC1.CO.COCc1ccccc1. The first-order valence-electron chi connectivity index (χ1n) is 15.2. The fourth-order valence-corrected chi connectivity index (χ4v) is 6.37. The van der Waals surface area contributed by atoms with E-state index in [-0.39, 0.29) is 5.91 Å². The third-order valence-corrected chi connectivity index (χ3v) is 9.21. The lowest BCUT2D eigenvalue weighted by Crippen LogP contribution is -2.14. The van der Waals surface area contributed by atoms with Crippen molar-refractivity contribution >= 4 is 40.4 Å². The molecule has 2 fully saturated rings. The number of aliphatic hydroxyl groups is 1. The molecule has 2 aliphatic carbocycles. The van der Waals surface area contributed by atoms with Crippen molar-refractivity contribution in [2.45, 2.75) is 109 Å². The predicted molar refractivity (Wildman–Crippen MR) is 177 cm³/mol. The van der Waals surface area contributed by atoms with Gasteiger partial charge in [0.25, 0.3) is 0 Å². The van der Waals surface area contributed by atoms with E-state index >= 15 is 0 Å². The molecular formula is C33H56N2O4S2. The number of aldehydes is 1. The van der Waals surface area contributed by atoms with Gasteiger partial charge in [-0.05, 0) is 23.3 Å². The van der Waals surface area contributed by atoms with Gasteiger partial charge in [0.05, 0.1) is 22.8 Å². The smallest absolute Gasteiger partial charge is 0.223 e. The van der Waals surface area contributed by atoms with Crippen LogP contribution < -0.4 is 5.32 Å². The summed E-state index contributed by atoms with van der Waals surface area (Å²) in [6, 6.07) is 10.1. The Hall–Kier alpha value is -1.74. The van der Waals surface area contributed by atoms with E-state index in [1.165, 1.54) is 106 Å². The molecule has 234 valence electrons. The van der Waals surface area contributed by atoms with Crippen molar-refractivity contribution in [1.29, 1.82) is 0 Å². The van der Waals surface area contributed by atoms with Crippen LogP contribution in [0.1, 0.15) is 104 Å². The van der Waals surface area contributed by atoms with E-state index in [1.807, 2.05) is 30.3 Å². The number of methoxy groups -OCH3 is 1. The highest BCUT2D eigenvalue weighted by Gasteiger charge is 2.17. The van der Waals surface area contributed by atoms with Gasteiger partial charge in [-0.2, -0.15) is 0 Å². The molecule has 2 saturated carbocycles. The van der Waals surface area contributed by atoms with Crippen molar-refractivity contribution < 1.29 is 19.4 Å². The zero-order valence-electron chi connectivity index (χ0n) is 26.4. The highest BCUT2D eigenvalue weighted by Crippen LogP contribution is 2.31. The van der Waals surface area contributed by atoms with Crippen LogP contribution in [-0.4, -0.2) is 42.3 Å². The van der Waals surface area contributed by atoms with E-state index in [1.54, 1.807) is 13.3 Å². The van der Waals surface area contributed by atoms with Gasteiger partial charge in [-0.25, -0.2) is 4.98 Å². The molecule has 1 aromatic carbocycles. The number of nitrogens with one attached hydrogen (secondary N) is 1. The van der Waals surface area contributed by atoms with E-state index in [9.17, 15) is 9.59 Å². The molecule has 0 spiro atoms. The summed E-state index contributed by atoms with van der Waals surface area (Å²) in [6.07, 6.45) is 18.8. The molecule has 0 saturated heterocycles. The number of aliphatic hydroxyl groups excluding tert-OH is 1. The standard InChI is InChI=1S/C10H20.C8H10O.C7H8N2O2S2.C7H14.CH4O/c1-3-9(2)10-7-5-4-6-8-10;1-9-7-8-5-3-2-4-6-8;1-5(11)9-7-8-4-6(13-7)12-3-2-10;1-7-5-3-2-4-6-7;1-2/h9-10H,3-8H2,1-2H3;2-6H,7H2,1H3;2,4H,3H2,1H3,(H,8,9,11);7H,2-6H2,1H3;2H,1H3. The van der Waals surface area contributed by atoms with Gasteiger partial charge in [0.15, 0.2) is 5.13 Å². The Labute approximate surface area is 258 Å². The largest absolute Gasteiger partial charge is 0.400 e. The first-order valence-corrected chi connectivity index (χ1v) is 17.0. The van der Waals surface area contributed by atoms with Crippen LogP contribution in [0.15, 0.2) is 40.7 Å². The number of rotatable bonds is 8. The summed E-state index contributed by atoms with van der Waals surface area (Å²) in [7, 11) is 2.70. The fourth-order valence-electron chi connectivity index (χ4n) is 4.73. The second-order valence-electron chi connectivity index (χ2n) is 10.6. The van der Waals surface area contributed by atoms with Crippen LogP contribution in [0.4, 0.5) is 5.13 Å². The maximum atomic E-state index is 10.6. The average Bonchev–Trinajstić information content (AvgIpc) is 3.45. The number of carbonyl (C=O) groups excluding carboxylic acids is 2. The second kappa shape index (κ2) is 27.1. The molecule has 0 bridgehead atoms. The molecule has 0 aliphatic heterocycles. The van der Waals surface area contributed by atoms with E-state index in [2.05, 4.69) is 31.1 Å². The molecule has 1 aromatic heterocycles. The molecule has 1 atom stereocenters. The number of benzene rings is 1. The Balaban J connectivity index is 0.000000520. The monoisotopic (exact) mass is 608 g/mol. The molecule has 6 nitrogen and oxygen atoms in total. The van der Waals surface area contributed by atoms with Crippen molar-refractivity contribution in [3.8, 4) is 0 Å². The van der Waals surface area contributed by atoms with Gasteiger partial charge in [0.2, 0.25) is 5.91 Å². The molecule has 2 aromatic rings. The zero-order valence-corrected chi connectivity index (χ0v) is 28.0. The highest BCUT2D eigenvalue weighted by atomic mass is 32.2. The van der Waals surface area contributed by atoms with Gasteiger partial charge in [-0.1, -0.05) is 133 Å². The number of aromatic nitrogens is 1. The molecule has 4 rings (SSSR count). The van der Waals surface area contributed by atoms with Gasteiger partial charge in [-0.3, -0.25) is 4.79 Å². The maximum Gasteiger partial charge on any atom is 0.223 e. The number of hydrogen-bond acceptors (Lipinski definition) is 7. The van der Waals surface area contributed by atoms with Crippen LogP contribution in [0, 0.1) is 17.8 Å². The van der Waals surface area contributed by atoms with Crippen molar-refractivity contribution in [3.05, 3.63) is 42.1 Å². The lowest BCUT2D eigenvalue weighted by Gasteiger charge is -2.26. The quantitative estimate of drug-likeness (QED) is 0.230. The summed E-state index contributed by atoms with van der Waals surface area (Å²) in [5, 5.41) is 10.1. The number of thiazole rings is 1. The van der Waals surface area contributed by atoms with Gasteiger partial charge in [0.1, 0.15) is 6.29 Å². The van der Waals surface area contributed by atoms with Crippen LogP contribution in [-0.2, 0) is 20.9 Å². The molecule has 0 radical (unpaired) electrons. The van der Waals surface area contributed by atoms with E-state index < -0.39 is 0 Å². The highest BCUT2D eigenvalue weighted by molar-refractivity contribution is 8.01. The summed E-state index contributed by atoms with van der Waals surface area (Å²) in [5.41, 5.74) is 1.22. The number of hydrogen-bond donors (Lipinski definition) is 2. The van der Waals surface area contributed by atoms with Crippen LogP contribution >= 0.6 is 23.1 Å². The summed E-state index contributed by atoms with van der Waals surface area (Å²) in [6.45, 7) is 9.23. The first-order chi connectivity index (χ1) is 19.9. The van der Waals surface area contributed by atoms with Crippen LogP contribution in [0.5, 0.6) is 0 Å². The Morgan fingerprint density at radius 3 is 2.15 bits per heavy atom. The van der Waals surface area contributed by atoms with Gasteiger partial charge >= 0.3 is 0 Å². The van der Waals surface area contributed by atoms with Crippen LogP contribution in [0.25, 0.3) is 0 Å². The Morgan fingerprint density at radius 2 is 1.68 bits per heavy atom. The van der Waals surface area contributed by atoms with Gasteiger partial charge < -0.3 is 20.0 Å². The number of nitrogens with zero attached hydrogens (tertiary/aromatic N) is 1. The number of thioether (sulfide) groups is 1. The topological polar surface area (TPSA) is 88.5 Å². The number of carbonyl (C=O) groups is 2. The molecule has 41 heavy (non-hydrogen) atoms. The number of amides is 1. The Kier molecular flexibility index (Phi) is 26.0. The van der Waals surface area contributed by atoms with Crippen LogP contribution in [0.2, 0.25) is 0 Å². The number of ether oxygens (including phenoxy) is 1. The minimum absolute atomic E-state index is 0.138. The summed E-state index contributed by atoms with van der Waals surface area (Å²) in [4.78, 5) is 24.6. The lowest BCUT2D eigenvalue weighted by atomic mass is 9.80. The third-order valence-electron chi connectivity index (χ3n) is 7.21. The molecule has 1 amide bonds. The van der Waals surface area contributed by atoms with Crippen molar-refractivity contribution in [3.63, 3.8) is 0 Å². The molecule has 1 unspecified atom stereocenters. The predicted octanol–water partition coefficient (Wildman–Crippen LogP) is 9.03. The minimum atomic E-state index is -0.138. The maximum absolute atomic E-state index is 10.6. The number of anilines is 1. The summed E-state index contributed by atoms with van der Waals surface area (Å²) < 4.78 is 5.85. The third kappa shape index (κ3) is 21.6. The van der Waals surface area contributed by atoms with E-state index in [0.717, 1.165) is 35.4 Å². The van der Waals surface area contributed by atoms with E-state index in [0.29, 0.717) is 17.5 Å². The molecule has 2 aliphatic rings. The van der Waals surface area contributed by atoms with Crippen molar-refractivity contribution in [1.82, 2.24) is 4.98 Å². The van der Waals surface area contributed by atoms with Crippen molar-refractivity contribution in [2.75, 3.05) is 25.3 Å². The Morgan fingerprint density at radius 1 is 1.10 bits per heavy atom. The van der Waals surface area contributed by atoms with Gasteiger partial charge in [-0.15, -0.1) is 11.8 Å². The molecule has 1 heterocycles. The normalized spacial score (nSPS) is 15.6. The minimum Gasteiger partial charge on any atom is -0.400 e. The summed E-state index contributed by atoms with van der Waals surface area (Å²) >= 11 is 2.77. The van der Waals surface area contributed by atoms with E-state index in [4.69, 9.17) is 9.84 Å². The Bertz CT molecular complexity index is 867. The lowest BCUT2D eigenvalue weighted by molar-refractivity contribution is -0.114. The van der Waals surface area contributed by atoms with Crippen molar-refractivity contribution in [2.24, 2.45) is 17.8 Å². The first kappa shape index (κ1) is 39.3.